The summed E-state index contributed by atoms with van der Waals surface area (Å²) in [4.78, 5) is 15.1. The Balaban J connectivity index is 1.11. The van der Waals surface area contributed by atoms with Gasteiger partial charge in [0.15, 0.2) is 17.5 Å². The molecule has 57 heavy (non-hydrogen) atoms. The lowest BCUT2D eigenvalue weighted by atomic mass is 9.99. The highest BCUT2D eigenvalue weighted by atomic mass is 16.3. The van der Waals surface area contributed by atoms with Crippen LogP contribution in [0, 0.1) is 0 Å². The molecule has 0 aliphatic rings. The largest absolute Gasteiger partial charge is 0.456 e. The fraction of sp³-hybridized carbons (Fsp3) is 0.0192. The van der Waals surface area contributed by atoms with Crippen LogP contribution in [0.4, 0.5) is 0 Å². The minimum absolute atomic E-state index is 0.634. The van der Waals surface area contributed by atoms with Gasteiger partial charge in [-0.1, -0.05) is 146 Å². The van der Waals surface area contributed by atoms with E-state index < -0.39 is 0 Å². The van der Waals surface area contributed by atoms with Gasteiger partial charge in [-0.3, -0.25) is 0 Å². The van der Waals surface area contributed by atoms with E-state index in [9.17, 15) is 0 Å². The molecule has 11 aromatic rings. The van der Waals surface area contributed by atoms with E-state index in [1.54, 1.807) is 0 Å². The van der Waals surface area contributed by atoms with Crippen LogP contribution in [0.1, 0.15) is 11.1 Å². The summed E-state index contributed by atoms with van der Waals surface area (Å²) >= 11 is 0. The third kappa shape index (κ3) is 5.85. The minimum atomic E-state index is 0.634. The standard InChI is InChI=1S/C52H34N4O/c1-4-14-34(15-5-1)30-40-31-39(52-54-50(35-16-6-2-7-17-35)53-51(55-52)36-18-8-3-9-19-36)25-28-45(40)56-46-22-12-10-20-41(46)42-27-24-38(33-47(42)56)37-26-29-49-44(32-37)43-21-11-13-23-48(43)57-49/h1-29,31-33H,30H2. The maximum absolute atomic E-state index is 6.18. The molecule has 0 aliphatic carbocycles. The van der Waals surface area contributed by atoms with Crippen LogP contribution in [0.2, 0.25) is 0 Å². The first kappa shape index (κ1) is 32.8. The number of aromatic nitrogens is 4. The molecule has 11 rings (SSSR count). The summed E-state index contributed by atoms with van der Waals surface area (Å²) in [6.45, 7) is 0. The third-order valence-electron chi connectivity index (χ3n) is 10.9. The van der Waals surface area contributed by atoms with Crippen molar-refractivity contribution in [1.29, 1.82) is 0 Å². The molecule has 5 heteroatoms. The van der Waals surface area contributed by atoms with E-state index in [1.807, 2.05) is 72.8 Å². The lowest BCUT2D eigenvalue weighted by Crippen LogP contribution is -2.04. The molecule has 0 fully saturated rings. The quantitative estimate of drug-likeness (QED) is 0.164. The zero-order valence-electron chi connectivity index (χ0n) is 30.9. The van der Waals surface area contributed by atoms with E-state index in [0.717, 1.165) is 72.9 Å². The zero-order chi connectivity index (χ0) is 37.7. The fourth-order valence-corrected chi connectivity index (χ4v) is 8.15. The van der Waals surface area contributed by atoms with Crippen molar-refractivity contribution in [3.05, 3.63) is 205 Å². The first-order chi connectivity index (χ1) is 28.2. The van der Waals surface area contributed by atoms with Crippen molar-refractivity contribution in [1.82, 2.24) is 19.5 Å². The average molecular weight is 731 g/mol. The Morgan fingerprint density at radius 2 is 0.912 bits per heavy atom. The second-order valence-electron chi connectivity index (χ2n) is 14.4. The molecule has 8 aromatic carbocycles. The van der Waals surface area contributed by atoms with Gasteiger partial charge in [0, 0.05) is 43.9 Å². The van der Waals surface area contributed by atoms with E-state index >= 15 is 0 Å². The van der Waals surface area contributed by atoms with Crippen LogP contribution in [0.3, 0.4) is 0 Å². The molecule has 0 radical (unpaired) electrons. The van der Waals surface area contributed by atoms with E-state index in [-0.39, 0.29) is 0 Å². The smallest absolute Gasteiger partial charge is 0.164 e. The highest BCUT2D eigenvalue weighted by molar-refractivity contribution is 6.11. The van der Waals surface area contributed by atoms with Gasteiger partial charge in [-0.05, 0) is 77.2 Å². The highest BCUT2D eigenvalue weighted by Gasteiger charge is 2.19. The van der Waals surface area contributed by atoms with Gasteiger partial charge in [-0.15, -0.1) is 0 Å². The normalized spacial score (nSPS) is 11.6. The van der Waals surface area contributed by atoms with Gasteiger partial charge in [0.1, 0.15) is 11.2 Å². The van der Waals surface area contributed by atoms with Crippen LogP contribution in [-0.4, -0.2) is 19.5 Å². The lowest BCUT2D eigenvalue weighted by molar-refractivity contribution is 0.669. The van der Waals surface area contributed by atoms with Gasteiger partial charge in [0.2, 0.25) is 0 Å². The molecule has 0 bridgehead atoms. The molecule has 0 atom stereocenters. The van der Waals surface area contributed by atoms with Crippen LogP contribution in [0.15, 0.2) is 199 Å². The van der Waals surface area contributed by atoms with Crippen molar-refractivity contribution in [2.45, 2.75) is 6.42 Å². The molecule has 0 N–H and O–H groups in total. The molecular weight excluding hydrogens is 697 g/mol. The number of fused-ring (bicyclic) bond motifs is 6. The molecule has 0 saturated heterocycles. The van der Waals surface area contributed by atoms with Gasteiger partial charge in [-0.2, -0.15) is 0 Å². The molecule has 5 nitrogen and oxygen atoms in total. The van der Waals surface area contributed by atoms with E-state index in [1.165, 1.54) is 21.9 Å². The van der Waals surface area contributed by atoms with Gasteiger partial charge < -0.3 is 8.98 Å². The maximum atomic E-state index is 6.18. The summed E-state index contributed by atoms with van der Waals surface area (Å²) in [5.74, 6) is 1.92. The van der Waals surface area contributed by atoms with Crippen LogP contribution < -0.4 is 0 Å². The number of furan rings is 1. The summed E-state index contributed by atoms with van der Waals surface area (Å²) in [6, 6.07) is 67.9. The lowest BCUT2D eigenvalue weighted by Gasteiger charge is -2.16. The Morgan fingerprint density at radius 1 is 0.368 bits per heavy atom. The Morgan fingerprint density at radius 3 is 1.65 bits per heavy atom. The van der Waals surface area contributed by atoms with Crippen molar-refractivity contribution in [3.8, 4) is 51.0 Å². The van der Waals surface area contributed by atoms with Gasteiger partial charge in [0.05, 0.1) is 11.0 Å². The Labute approximate surface area is 329 Å². The fourth-order valence-electron chi connectivity index (χ4n) is 8.15. The Kier molecular flexibility index (Phi) is 7.81. The summed E-state index contributed by atoms with van der Waals surface area (Å²) in [7, 11) is 0. The number of hydrogen-bond acceptors (Lipinski definition) is 4. The molecule has 0 saturated carbocycles. The van der Waals surface area contributed by atoms with Crippen LogP contribution in [0.25, 0.3) is 94.7 Å². The molecule has 0 unspecified atom stereocenters. The SMILES string of the molecule is c1ccc(Cc2cc(-c3nc(-c4ccccc4)nc(-c4ccccc4)n3)ccc2-n2c3ccccc3c3ccc(-c4ccc5oc6ccccc6c5c4)cc32)cc1. The monoisotopic (exact) mass is 730 g/mol. The van der Waals surface area contributed by atoms with Crippen molar-refractivity contribution in [2.75, 3.05) is 0 Å². The molecular formula is C52H34N4O. The molecule has 3 heterocycles. The summed E-state index contributed by atoms with van der Waals surface area (Å²) in [5.41, 5.74) is 12.7. The molecule has 0 amide bonds. The molecule has 3 aromatic heterocycles. The van der Waals surface area contributed by atoms with Gasteiger partial charge in [-0.25, -0.2) is 15.0 Å². The average Bonchev–Trinajstić information content (AvgIpc) is 3.82. The van der Waals surface area contributed by atoms with Crippen LogP contribution >= 0.6 is 0 Å². The van der Waals surface area contributed by atoms with E-state index in [2.05, 4.69) is 126 Å². The van der Waals surface area contributed by atoms with E-state index in [0.29, 0.717) is 17.5 Å². The van der Waals surface area contributed by atoms with Gasteiger partial charge in [0.25, 0.3) is 0 Å². The number of para-hydroxylation sites is 2. The molecule has 0 spiro atoms. The number of hydrogen-bond donors (Lipinski definition) is 0. The van der Waals surface area contributed by atoms with Crippen molar-refractivity contribution in [2.24, 2.45) is 0 Å². The van der Waals surface area contributed by atoms with Crippen LogP contribution in [0.5, 0.6) is 0 Å². The van der Waals surface area contributed by atoms with Crippen molar-refractivity contribution < 1.29 is 4.42 Å². The predicted molar refractivity (Wildman–Crippen MR) is 232 cm³/mol. The second-order valence-corrected chi connectivity index (χ2v) is 14.4. The topological polar surface area (TPSA) is 56.7 Å². The highest BCUT2D eigenvalue weighted by Crippen LogP contribution is 2.39. The first-order valence-electron chi connectivity index (χ1n) is 19.2. The Bertz CT molecular complexity index is 3200. The zero-order valence-corrected chi connectivity index (χ0v) is 30.9. The summed E-state index contributed by atoms with van der Waals surface area (Å²) < 4.78 is 8.61. The summed E-state index contributed by atoms with van der Waals surface area (Å²) in [5, 5.41) is 4.66. The molecule has 0 aliphatic heterocycles. The van der Waals surface area contributed by atoms with Crippen molar-refractivity contribution in [3.63, 3.8) is 0 Å². The minimum Gasteiger partial charge on any atom is -0.456 e. The van der Waals surface area contributed by atoms with Crippen LogP contribution in [-0.2, 0) is 6.42 Å². The molecule has 268 valence electrons. The number of rotatable bonds is 7. The Hall–Kier alpha value is -7.63. The second kappa shape index (κ2) is 13.6. The van der Waals surface area contributed by atoms with E-state index in [4.69, 9.17) is 19.4 Å². The first-order valence-corrected chi connectivity index (χ1v) is 19.2. The van der Waals surface area contributed by atoms with Gasteiger partial charge >= 0.3 is 0 Å². The summed E-state index contributed by atoms with van der Waals surface area (Å²) in [6.07, 6.45) is 0.726. The number of nitrogens with zero attached hydrogens (tertiary/aromatic N) is 4. The number of benzene rings is 8. The predicted octanol–water partition coefficient (Wildman–Crippen LogP) is 13.1. The third-order valence-corrected chi connectivity index (χ3v) is 10.9. The maximum Gasteiger partial charge on any atom is 0.164 e. The van der Waals surface area contributed by atoms with Crippen molar-refractivity contribution >= 4 is 43.7 Å².